The Balaban J connectivity index is 1.25. The van der Waals surface area contributed by atoms with Crippen LogP contribution in [0.5, 0.6) is 5.75 Å². The molecule has 5 aliphatic rings. The molecule has 0 unspecified atom stereocenters. The number of anilines is 1. The zero-order chi connectivity index (χ0) is 33.5. The summed E-state index contributed by atoms with van der Waals surface area (Å²) in [7, 11) is -4.18. The van der Waals surface area contributed by atoms with E-state index >= 15 is 0 Å². The number of hydrogen-bond acceptors (Lipinski definition) is 8. The van der Waals surface area contributed by atoms with Crippen LogP contribution in [-0.4, -0.2) is 83.5 Å². The zero-order valence-electron chi connectivity index (χ0n) is 28.1. The lowest BCUT2D eigenvalue weighted by Gasteiger charge is -2.46. The van der Waals surface area contributed by atoms with Crippen LogP contribution < -0.4 is 14.4 Å². The third-order valence-corrected chi connectivity index (χ3v) is 12.8. The topological polar surface area (TPSA) is 97.4 Å². The van der Waals surface area contributed by atoms with E-state index in [1.165, 1.54) is 30.0 Å². The number of nitrogens with zero attached hydrogens (tertiary/aromatic N) is 2. The molecule has 7 rings (SSSR count). The number of hydrogen-bond donors (Lipinski definition) is 1. The molecule has 1 amide bonds. The van der Waals surface area contributed by atoms with Crippen molar-refractivity contribution in [2.45, 2.75) is 80.8 Å². The lowest BCUT2D eigenvalue weighted by atomic mass is 9.68. The Hall–Kier alpha value is -2.63. The van der Waals surface area contributed by atoms with Gasteiger partial charge in [-0.05, 0) is 125 Å². The van der Waals surface area contributed by atoms with Crippen molar-refractivity contribution in [3.05, 3.63) is 64.7 Å². The van der Waals surface area contributed by atoms with E-state index in [9.17, 15) is 13.2 Å². The van der Waals surface area contributed by atoms with E-state index in [1.54, 1.807) is 26.0 Å². The van der Waals surface area contributed by atoms with Crippen molar-refractivity contribution >= 4 is 33.2 Å². The van der Waals surface area contributed by atoms with Crippen LogP contribution in [0.4, 0.5) is 5.69 Å². The number of halogens is 1. The molecule has 3 heterocycles. The number of ether oxygens (including phenoxy) is 3. The zero-order valence-corrected chi connectivity index (χ0v) is 29.7. The highest BCUT2D eigenvalue weighted by atomic mass is 35.5. The van der Waals surface area contributed by atoms with Crippen LogP contribution in [0.15, 0.2) is 53.4 Å². The first kappa shape index (κ1) is 33.8. The van der Waals surface area contributed by atoms with E-state index in [4.69, 9.17) is 25.8 Å². The van der Waals surface area contributed by atoms with Gasteiger partial charge in [-0.3, -0.25) is 4.79 Å². The fraction of sp³-hybridized carbons (Fsp3) is 0.595. The van der Waals surface area contributed by atoms with Gasteiger partial charge in [0.15, 0.2) is 0 Å². The fourth-order valence-corrected chi connectivity index (χ4v) is 9.58. The maximum Gasteiger partial charge on any atom is 0.265 e. The van der Waals surface area contributed by atoms with E-state index in [0.29, 0.717) is 37.3 Å². The van der Waals surface area contributed by atoms with Crippen LogP contribution in [0.2, 0.25) is 5.02 Å². The van der Waals surface area contributed by atoms with Gasteiger partial charge >= 0.3 is 0 Å². The first-order valence-electron chi connectivity index (χ1n) is 17.6. The van der Waals surface area contributed by atoms with Gasteiger partial charge in [0.1, 0.15) is 11.4 Å². The highest BCUT2D eigenvalue weighted by Crippen LogP contribution is 2.47. The SMILES string of the molecule is CC1(C)OC/C=C/[C@H](OCCN2CCCC2)[C@@H]2CC[C@H]2CN2C[C@@]3(CCCc4cc(Cl)ccc43)COc3ccc(cc32)S(=O)(=O)NC1=O. The largest absolute Gasteiger partial charge is 0.490 e. The highest BCUT2D eigenvalue weighted by molar-refractivity contribution is 7.90. The minimum atomic E-state index is -4.18. The van der Waals surface area contributed by atoms with Gasteiger partial charge in [0.2, 0.25) is 0 Å². The van der Waals surface area contributed by atoms with Gasteiger partial charge in [-0.2, -0.15) is 0 Å². The number of likely N-dealkylation sites (tertiary alicyclic amines) is 1. The number of rotatable bonds is 4. The second kappa shape index (κ2) is 13.6. The van der Waals surface area contributed by atoms with Gasteiger partial charge in [-0.1, -0.05) is 29.8 Å². The summed E-state index contributed by atoms with van der Waals surface area (Å²) < 4.78 is 48.7. The second-order valence-electron chi connectivity index (χ2n) is 14.8. The number of aryl methyl sites for hydroxylation is 1. The van der Waals surface area contributed by atoms with Crippen molar-refractivity contribution < 1.29 is 27.4 Å². The molecule has 48 heavy (non-hydrogen) atoms. The number of benzene rings is 2. The smallest absolute Gasteiger partial charge is 0.265 e. The molecule has 3 aliphatic heterocycles. The average Bonchev–Trinajstić information content (AvgIpc) is 3.51. The maximum atomic E-state index is 13.6. The van der Waals surface area contributed by atoms with Crippen LogP contribution in [0.3, 0.4) is 0 Å². The molecule has 0 radical (unpaired) electrons. The molecule has 1 N–H and O–H groups in total. The Bertz CT molecular complexity index is 1660. The molecule has 0 aromatic heterocycles. The maximum absolute atomic E-state index is 13.6. The number of fused-ring (bicyclic) bond motifs is 4. The molecule has 9 nitrogen and oxygen atoms in total. The van der Waals surface area contributed by atoms with Crippen LogP contribution >= 0.6 is 11.6 Å². The molecule has 2 fully saturated rings. The van der Waals surface area contributed by atoms with Gasteiger partial charge in [0.25, 0.3) is 15.9 Å². The van der Waals surface area contributed by atoms with E-state index in [-0.39, 0.29) is 23.0 Å². The third kappa shape index (κ3) is 6.88. The van der Waals surface area contributed by atoms with Crippen molar-refractivity contribution in [1.29, 1.82) is 0 Å². The minimum Gasteiger partial charge on any atom is -0.490 e. The first-order valence-corrected chi connectivity index (χ1v) is 19.4. The lowest BCUT2D eigenvalue weighted by Crippen LogP contribution is -2.50. The number of nitrogens with one attached hydrogen (secondary N) is 1. The van der Waals surface area contributed by atoms with Gasteiger partial charge in [-0.15, -0.1) is 0 Å². The molecule has 2 aromatic rings. The molecule has 11 heteroatoms. The summed E-state index contributed by atoms with van der Waals surface area (Å²) in [5.41, 5.74) is 1.60. The summed E-state index contributed by atoms with van der Waals surface area (Å²) >= 11 is 6.45. The van der Waals surface area contributed by atoms with E-state index in [1.807, 2.05) is 12.1 Å². The van der Waals surface area contributed by atoms with Gasteiger partial charge in [0.05, 0.1) is 36.5 Å². The summed E-state index contributed by atoms with van der Waals surface area (Å²) in [4.78, 5) is 18.1. The van der Waals surface area contributed by atoms with Crippen molar-refractivity contribution in [3.63, 3.8) is 0 Å². The molecular formula is C37H48ClN3O6S. The van der Waals surface area contributed by atoms with Gasteiger partial charge < -0.3 is 24.0 Å². The van der Waals surface area contributed by atoms with Crippen LogP contribution in [0, 0.1) is 11.8 Å². The molecule has 1 saturated heterocycles. The Morgan fingerprint density at radius 3 is 2.71 bits per heavy atom. The Morgan fingerprint density at radius 1 is 1.08 bits per heavy atom. The van der Waals surface area contributed by atoms with Crippen molar-refractivity contribution in [3.8, 4) is 5.75 Å². The highest BCUT2D eigenvalue weighted by Gasteiger charge is 2.45. The molecule has 260 valence electrons. The molecule has 1 spiro atoms. The minimum absolute atomic E-state index is 0.0195. The molecule has 2 bridgehead atoms. The summed E-state index contributed by atoms with van der Waals surface area (Å²) in [6, 6.07) is 11.1. The second-order valence-corrected chi connectivity index (χ2v) is 16.9. The Labute approximate surface area is 290 Å². The first-order chi connectivity index (χ1) is 23.0. The summed E-state index contributed by atoms with van der Waals surface area (Å²) in [6.07, 6.45) is 11.5. The number of carbonyl (C=O) groups excluding carboxylic acids is 1. The summed E-state index contributed by atoms with van der Waals surface area (Å²) in [5.74, 6) is 0.571. The molecule has 2 aliphatic carbocycles. The number of sulfonamides is 1. The molecule has 1 saturated carbocycles. The van der Waals surface area contributed by atoms with Crippen molar-refractivity contribution in [2.24, 2.45) is 11.8 Å². The Morgan fingerprint density at radius 2 is 1.92 bits per heavy atom. The third-order valence-electron chi connectivity index (χ3n) is 11.2. The predicted molar refractivity (Wildman–Crippen MR) is 186 cm³/mol. The quantitative estimate of drug-likeness (QED) is 0.419. The van der Waals surface area contributed by atoms with Gasteiger partial charge in [0, 0.05) is 30.1 Å². The number of amides is 1. The fourth-order valence-electron chi connectivity index (χ4n) is 8.26. The van der Waals surface area contributed by atoms with E-state index in [2.05, 4.69) is 32.7 Å². The normalized spacial score (nSPS) is 30.7. The molecular weight excluding hydrogens is 650 g/mol. The summed E-state index contributed by atoms with van der Waals surface area (Å²) in [5, 5.41) is 0.736. The van der Waals surface area contributed by atoms with Crippen molar-refractivity contribution in [2.75, 3.05) is 57.4 Å². The Kier molecular flexibility index (Phi) is 9.58. The van der Waals surface area contributed by atoms with Crippen LogP contribution in [-0.2, 0) is 36.1 Å². The van der Waals surface area contributed by atoms with E-state index in [0.717, 1.165) is 69.0 Å². The average molecular weight is 698 g/mol. The van der Waals surface area contributed by atoms with Crippen LogP contribution in [0.25, 0.3) is 0 Å². The molecule has 4 atom stereocenters. The van der Waals surface area contributed by atoms with E-state index < -0.39 is 21.5 Å². The summed E-state index contributed by atoms with van der Waals surface area (Å²) in [6.45, 7) is 9.09. The van der Waals surface area contributed by atoms with Crippen molar-refractivity contribution in [1.82, 2.24) is 9.62 Å². The molecule has 2 aromatic carbocycles. The lowest BCUT2D eigenvalue weighted by molar-refractivity contribution is -0.139. The number of carbonyl (C=O) groups is 1. The van der Waals surface area contributed by atoms with Gasteiger partial charge in [-0.25, -0.2) is 13.1 Å². The predicted octanol–water partition coefficient (Wildman–Crippen LogP) is 5.49. The standard InChI is InChI=1S/C37H48ClN3O6S/c1-36(2)35(42)39-48(43,44)29-11-14-34-32(22-29)41(24-37(25-46-34)15-5-7-26-21-28(38)10-13-31(26)37)23-27-9-12-30(27)33(8-6-19-47-36)45-20-18-40-16-3-4-17-40/h6,8,10-11,13-14,21-22,27,30,33H,3-5,7,9,12,15-20,23-25H2,1-2H3,(H,39,42)/b8-6+/t27-,30+,33-,37-/m0/s1. The van der Waals surface area contributed by atoms with Crippen LogP contribution in [0.1, 0.15) is 63.5 Å². The monoisotopic (exact) mass is 697 g/mol.